The molecular weight excluding hydrogens is 386 g/mol. The van der Waals surface area contributed by atoms with Crippen LogP contribution < -0.4 is 5.11 Å². The van der Waals surface area contributed by atoms with Crippen LogP contribution in [0.4, 0.5) is 5.69 Å². The van der Waals surface area contributed by atoms with Crippen LogP contribution in [0, 0.1) is 0 Å². The summed E-state index contributed by atoms with van der Waals surface area (Å²) in [6.07, 6.45) is 1.81. The van der Waals surface area contributed by atoms with Crippen molar-refractivity contribution in [3.63, 3.8) is 0 Å². The van der Waals surface area contributed by atoms with Crippen molar-refractivity contribution in [2.24, 2.45) is 0 Å². The standard InChI is InChI=1S/C26H25NO2Si/c1-30(2,3)24(20-28)25(22-15-9-5-10-16-22)26(29)27(23-17-11-6-12-18-23)19-21-13-7-4-8-14-21/h4-19H,1-3H3/b26-25+,27-19+. The van der Waals surface area contributed by atoms with E-state index in [0.29, 0.717) is 10.8 Å². The molecule has 4 heteroatoms. The summed E-state index contributed by atoms with van der Waals surface area (Å²) >= 11 is 0. The van der Waals surface area contributed by atoms with E-state index in [2.05, 4.69) is 25.6 Å². The molecule has 0 unspecified atom stereocenters. The summed E-state index contributed by atoms with van der Waals surface area (Å²) < 4.78 is 1.62. The van der Waals surface area contributed by atoms with Gasteiger partial charge < -0.3 is 5.11 Å². The van der Waals surface area contributed by atoms with Crippen molar-refractivity contribution in [1.82, 2.24) is 0 Å². The van der Waals surface area contributed by atoms with Gasteiger partial charge in [-0.1, -0.05) is 86.4 Å². The molecule has 3 aromatic carbocycles. The molecule has 0 amide bonds. The van der Waals surface area contributed by atoms with E-state index in [0.717, 1.165) is 16.8 Å². The van der Waals surface area contributed by atoms with Crippen molar-refractivity contribution < 1.29 is 14.5 Å². The maximum Gasteiger partial charge on any atom is 0.210 e. The van der Waals surface area contributed by atoms with Crippen LogP contribution in [0.15, 0.2) is 102 Å². The highest BCUT2D eigenvalue weighted by molar-refractivity contribution is 6.86. The molecule has 3 aromatic rings. The first-order valence-corrected chi connectivity index (χ1v) is 13.4. The van der Waals surface area contributed by atoms with Crippen molar-refractivity contribution in [1.29, 1.82) is 0 Å². The molecule has 3 rings (SSSR count). The minimum Gasteiger partial charge on any atom is -0.822 e. The van der Waals surface area contributed by atoms with Gasteiger partial charge in [-0.2, -0.15) is 4.58 Å². The average Bonchev–Trinajstić information content (AvgIpc) is 2.76. The predicted molar refractivity (Wildman–Crippen MR) is 124 cm³/mol. The predicted octanol–water partition coefficient (Wildman–Crippen LogP) is 4.81. The number of para-hydroxylation sites is 1. The van der Waals surface area contributed by atoms with Crippen molar-refractivity contribution in [3.8, 4) is 0 Å². The zero-order valence-electron chi connectivity index (χ0n) is 17.5. The van der Waals surface area contributed by atoms with Gasteiger partial charge in [0.2, 0.25) is 5.69 Å². The van der Waals surface area contributed by atoms with Crippen LogP contribution >= 0.6 is 0 Å². The maximum atomic E-state index is 14.0. The fourth-order valence-corrected chi connectivity index (χ4v) is 4.51. The topological polar surface area (TPSA) is 43.1 Å². The smallest absolute Gasteiger partial charge is 0.210 e. The second-order valence-corrected chi connectivity index (χ2v) is 13.0. The minimum atomic E-state index is -2.14. The molecule has 0 atom stereocenters. The summed E-state index contributed by atoms with van der Waals surface area (Å²) in [6.45, 7) is 6.16. The van der Waals surface area contributed by atoms with Gasteiger partial charge in [0.1, 0.15) is 5.94 Å². The van der Waals surface area contributed by atoms with Gasteiger partial charge in [0.25, 0.3) is 0 Å². The third kappa shape index (κ3) is 4.92. The molecule has 0 aliphatic heterocycles. The van der Waals surface area contributed by atoms with Crippen molar-refractivity contribution in [3.05, 3.63) is 113 Å². The fraction of sp³-hybridized carbons (Fsp3) is 0.115. The first-order valence-electron chi connectivity index (χ1n) is 9.88. The summed E-state index contributed by atoms with van der Waals surface area (Å²) in [4.78, 5) is 12.1. The van der Waals surface area contributed by atoms with Crippen molar-refractivity contribution in [2.75, 3.05) is 0 Å². The molecule has 30 heavy (non-hydrogen) atoms. The Morgan fingerprint density at radius 3 is 1.83 bits per heavy atom. The molecule has 0 aliphatic rings. The Kier molecular flexibility index (Phi) is 6.63. The number of carbonyl (C=O) groups excluding carboxylic acids is 1. The highest BCUT2D eigenvalue weighted by Crippen LogP contribution is 2.32. The lowest BCUT2D eigenvalue weighted by molar-refractivity contribution is -0.544. The van der Waals surface area contributed by atoms with Gasteiger partial charge in [-0.05, 0) is 17.7 Å². The van der Waals surface area contributed by atoms with E-state index in [1.54, 1.807) is 4.58 Å². The number of hydrogen-bond acceptors (Lipinski definition) is 2. The first kappa shape index (κ1) is 21.3. The molecule has 150 valence electrons. The summed E-state index contributed by atoms with van der Waals surface area (Å²) in [5.41, 5.74) is 2.78. The van der Waals surface area contributed by atoms with Crippen LogP contribution in [0.5, 0.6) is 0 Å². The van der Waals surface area contributed by atoms with E-state index >= 15 is 0 Å². The van der Waals surface area contributed by atoms with Gasteiger partial charge in [0, 0.05) is 28.5 Å². The SMILES string of the molecule is C[Si](C)(C)C(=C=O)/C(=C([O-])\[N+](=C\c1ccccc1)c1ccccc1)c1ccccc1. The number of hydrogen-bond donors (Lipinski definition) is 0. The fourth-order valence-electron chi connectivity index (χ4n) is 3.21. The molecule has 0 bridgehead atoms. The van der Waals surface area contributed by atoms with E-state index in [4.69, 9.17) is 0 Å². The molecular formula is C26H25NO2Si. The van der Waals surface area contributed by atoms with Crippen LogP contribution in [0.25, 0.3) is 5.57 Å². The highest BCUT2D eigenvalue weighted by Gasteiger charge is 2.29. The van der Waals surface area contributed by atoms with E-state index in [-0.39, 0.29) is 5.88 Å². The summed E-state index contributed by atoms with van der Waals surface area (Å²) in [6, 6.07) is 28.6. The summed E-state index contributed by atoms with van der Waals surface area (Å²) in [7, 11) is -2.14. The molecule has 3 nitrogen and oxygen atoms in total. The Bertz CT molecular complexity index is 1110. The highest BCUT2D eigenvalue weighted by atomic mass is 28.3. The molecule has 0 aliphatic carbocycles. The minimum absolute atomic E-state index is 0.239. The van der Waals surface area contributed by atoms with E-state index < -0.39 is 8.07 Å². The van der Waals surface area contributed by atoms with E-state index in [1.165, 1.54) is 0 Å². The number of benzene rings is 3. The lowest BCUT2D eigenvalue weighted by Gasteiger charge is -2.24. The second-order valence-electron chi connectivity index (χ2n) is 8.02. The normalized spacial score (nSPS) is 12.7. The van der Waals surface area contributed by atoms with Crippen molar-refractivity contribution in [2.45, 2.75) is 19.6 Å². The summed E-state index contributed by atoms with van der Waals surface area (Å²) in [5.74, 6) is 1.88. The molecule has 0 radical (unpaired) electrons. The van der Waals surface area contributed by atoms with E-state index in [1.807, 2.05) is 97.2 Å². The summed E-state index contributed by atoms with van der Waals surface area (Å²) in [5, 5.41) is 14.5. The first-order chi connectivity index (χ1) is 14.4. The Labute approximate surface area is 179 Å². The van der Waals surface area contributed by atoms with Gasteiger partial charge in [-0.15, -0.1) is 0 Å². The quantitative estimate of drug-likeness (QED) is 0.146. The van der Waals surface area contributed by atoms with Gasteiger partial charge >= 0.3 is 0 Å². The number of rotatable bonds is 6. The third-order valence-electron chi connectivity index (χ3n) is 4.71. The van der Waals surface area contributed by atoms with Crippen LogP contribution in [0.3, 0.4) is 0 Å². The Hall–Kier alpha value is -3.46. The largest absolute Gasteiger partial charge is 0.822 e. The third-order valence-corrected chi connectivity index (χ3v) is 6.56. The monoisotopic (exact) mass is 411 g/mol. The Morgan fingerprint density at radius 2 is 1.33 bits per heavy atom. The maximum absolute atomic E-state index is 14.0. The van der Waals surface area contributed by atoms with Crippen LogP contribution in [0.2, 0.25) is 19.6 Å². The zero-order chi connectivity index (χ0) is 21.6. The molecule has 0 saturated carbocycles. The Balaban J connectivity index is 2.35. The van der Waals surface area contributed by atoms with Gasteiger partial charge in [-0.25, -0.2) is 4.79 Å². The van der Waals surface area contributed by atoms with Gasteiger partial charge in [-0.3, -0.25) is 0 Å². The molecule has 0 fully saturated rings. The van der Waals surface area contributed by atoms with Crippen LogP contribution in [-0.4, -0.2) is 24.8 Å². The number of nitrogens with zero attached hydrogens (tertiary/aromatic N) is 1. The van der Waals surface area contributed by atoms with Gasteiger partial charge in [0.15, 0.2) is 12.1 Å². The molecule has 0 N–H and O–H groups in total. The Morgan fingerprint density at radius 1 is 0.833 bits per heavy atom. The van der Waals surface area contributed by atoms with Crippen LogP contribution in [-0.2, 0) is 4.79 Å². The van der Waals surface area contributed by atoms with E-state index in [9.17, 15) is 9.90 Å². The number of allylic oxidation sites excluding steroid dienone is 2. The average molecular weight is 412 g/mol. The second kappa shape index (κ2) is 9.36. The van der Waals surface area contributed by atoms with Crippen LogP contribution in [0.1, 0.15) is 11.1 Å². The molecule has 0 saturated heterocycles. The molecule has 0 heterocycles. The lowest BCUT2D eigenvalue weighted by atomic mass is 10.1. The van der Waals surface area contributed by atoms with Gasteiger partial charge in [0.05, 0.1) is 8.07 Å². The lowest BCUT2D eigenvalue weighted by Crippen LogP contribution is -2.30. The zero-order valence-corrected chi connectivity index (χ0v) is 18.5. The van der Waals surface area contributed by atoms with Crippen molar-refractivity contribution >= 4 is 31.5 Å². The molecule has 0 spiro atoms. The molecule has 0 aromatic heterocycles.